The van der Waals surface area contributed by atoms with Gasteiger partial charge in [-0.3, -0.25) is 4.98 Å². The van der Waals surface area contributed by atoms with Crippen molar-refractivity contribution in [3.8, 4) is 11.4 Å². The third-order valence-electron chi connectivity index (χ3n) is 4.31. The number of anilines is 1. The lowest BCUT2D eigenvalue weighted by Crippen LogP contribution is -2.20. The Kier molecular flexibility index (Phi) is 5.58. The van der Waals surface area contributed by atoms with Crippen molar-refractivity contribution in [1.82, 2.24) is 19.9 Å². The second-order valence-electron chi connectivity index (χ2n) is 6.23. The van der Waals surface area contributed by atoms with Crippen molar-refractivity contribution >= 4 is 17.2 Å². The Morgan fingerprint density at radius 3 is 2.73 bits per heavy atom. The van der Waals surface area contributed by atoms with Crippen LogP contribution >= 0.6 is 11.3 Å². The van der Waals surface area contributed by atoms with E-state index in [-0.39, 0.29) is 6.10 Å². The highest BCUT2D eigenvalue weighted by Gasteiger charge is 2.16. The van der Waals surface area contributed by atoms with Gasteiger partial charge in [0.1, 0.15) is 16.9 Å². The van der Waals surface area contributed by atoms with Crippen molar-refractivity contribution in [2.24, 2.45) is 0 Å². The molecule has 3 heterocycles. The molecule has 0 spiro atoms. The van der Waals surface area contributed by atoms with E-state index in [9.17, 15) is 0 Å². The number of rotatable bonds is 6. The molecule has 3 aromatic rings. The summed E-state index contributed by atoms with van der Waals surface area (Å²) in [4.78, 5) is 20.4. The molecule has 136 valence electrons. The van der Waals surface area contributed by atoms with Crippen LogP contribution in [0, 0.1) is 13.8 Å². The average Bonchev–Trinajstić information content (AvgIpc) is 3.12. The largest absolute Gasteiger partial charge is 0.375 e. The van der Waals surface area contributed by atoms with Crippen LogP contribution in [-0.4, -0.2) is 34.1 Å². The first-order valence-electron chi connectivity index (χ1n) is 8.43. The fourth-order valence-corrected chi connectivity index (χ4v) is 3.45. The number of thiazole rings is 1. The first-order chi connectivity index (χ1) is 12.5. The maximum absolute atomic E-state index is 5.35. The van der Waals surface area contributed by atoms with Gasteiger partial charge in [-0.15, -0.1) is 11.3 Å². The number of pyridine rings is 1. The highest BCUT2D eigenvalue weighted by atomic mass is 32.1. The van der Waals surface area contributed by atoms with Crippen LogP contribution in [0.3, 0.4) is 0 Å². The van der Waals surface area contributed by atoms with E-state index in [1.807, 2.05) is 40.0 Å². The van der Waals surface area contributed by atoms with Crippen LogP contribution in [0.25, 0.3) is 11.4 Å². The SMILES string of the molecule is COC(C)c1nc(CN(C)c2nc(-c3cccnc3)nc(C)c2C)cs1. The molecule has 6 nitrogen and oxygen atoms in total. The first-order valence-corrected chi connectivity index (χ1v) is 9.31. The molecule has 3 rings (SSSR count). The molecule has 0 saturated carbocycles. The van der Waals surface area contributed by atoms with E-state index in [0.29, 0.717) is 12.4 Å². The van der Waals surface area contributed by atoms with E-state index in [0.717, 1.165) is 33.3 Å². The summed E-state index contributed by atoms with van der Waals surface area (Å²) in [5.41, 5.74) is 3.96. The molecule has 1 unspecified atom stereocenters. The molecule has 0 bridgehead atoms. The number of hydrogen-bond donors (Lipinski definition) is 0. The molecule has 0 aromatic carbocycles. The Balaban J connectivity index is 1.88. The zero-order valence-corrected chi connectivity index (χ0v) is 16.5. The van der Waals surface area contributed by atoms with Gasteiger partial charge in [0.05, 0.1) is 12.2 Å². The highest BCUT2D eigenvalue weighted by molar-refractivity contribution is 7.09. The van der Waals surface area contributed by atoms with Crippen LogP contribution in [0.5, 0.6) is 0 Å². The number of ether oxygens (including phenoxy) is 1. The van der Waals surface area contributed by atoms with E-state index in [1.54, 1.807) is 30.8 Å². The van der Waals surface area contributed by atoms with Crippen molar-refractivity contribution in [3.05, 3.63) is 51.9 Å². The minimum Gasteiger partial charge on any atom is -0.375 e. The Labute approximate surface area is 157 Å². The third kappa shape index (κ3) is 3.89. The second-order valence-corrected chi connectivity index (χ2v) is 7.12. The summed E-state index contributed by atoms with van der Waals surface area (Å²) in [6.07, 6.45) is 3.55. The molecule has 0 saturated heterocycles. The van der Waals surface area contributed by atoms with Crippen molar-refractivity contribution in [2.75, 3.05) is 19.1 Å². The zero-order chi connectivity index (χ0) is 18.7. The van der Waals surface area contributed by atoms with Gasteiger partial charge in [-0.25, -0.2) is 15.0 Å². The van der Waals surface area contributed by atoms with Crippen LogP contribution in [0.2, 0.25) is 0 Å². The second kappa shape index (κ2) is 7.88. The number of methoxy groups -OCH3 is 1. The molecular weight excluding hydrogens is 346 g/mol. The Bertz CT molecular complexity index is 881. The molecule has 0 aliphatic carbocycles. The van der Waals surface area contributed by atoms with Crippen molar-refractivity contribution in [2.45, 2.75) is 33.4 Å². The van der Waals surface area contributed by atoms with Crippen LogP contribution < -0.4 is 4.90 Å². The minimum atomic E-state index is 0.0132. The number of hydrogen-bond acceptors (Lipinski definition) is 7. The van der Waals surface area contributed by atoms with E-state index >= 15 is 0 Å². The number of nitrogens with zero attached hydrogens (tertiary/aromatic N) is 5. The maximum Gasteiger partial charge on any atom is 0.163 e. The highest BCUT2D eigenvalue weighted by Crippen LogP contribution is 2.26. The third-order valence-corrected chi connectivity index (χ3v) is 5.37. The molecule has 0 aliphatic heterocycles. The molecule has 0 N–H and O–H groups in total. The quantitative estimate of drug-likeness (QED) is 0.655. The van der Waals surface area contributed by atoms with Crippen molar-refractivity contribution in [3.63, 3.8) is 0 Å². The van der Waals surface area contributed by atoms with Gasteiger partial charge >= 0.3 is 0 Å². The van der Waals surface area contributed by atoms with E-state index < -0.39 is 0 Å². The molecular formula is C19H23N5OS. The fourth-order valence-electron chi connectivity index (χ4n) is 2.61. The van der Waals surface area contributed by atoms with Crippen LogP contribution in [0.1, 0.15) is 35.0 Å². The molecule has 7 heteroatoms. The number of aromatic nitrogens is 4. The van der Waals surface area contributed by atoms with Gasteiger partial charge in [-0.2, -0.15) is 0 Å². The molecule has 26 heavy (non-hydrogen) atoms. The predicted molar refractivity (Wildman–Crippen MR) is 104 cm³/mol. The molecule has 0 radical (unpaired) electrons. The summed E-state index contributed by atoms with van der Waals surface area (Å²) < 4.78 is 5.35. The standard InChI is InChI=1S/C19H23N5OS/c1-12-13(2)21-17(15-7-6-8-20-9-15)23-18(12)24(4)10-16-11-26-19(22-16)14(3)25-5/h6-9,11,14H,10H2,1-5H3. The van der Waals surface area contributed by atoms with Crippen LogP contribution in [0.4, 0.5) is 5.82 Å². The summed E-state index contributed by atoms with van der Waals surface area (Å²) in [6.45, 7) is 6.74. The summed E-state index contributed by atoms with van der Waals surface area (Å²) in [5.74, 6) is 1.60. The molecule has 1 atom stereocenters. The van der Waals surface area contributed by atoms with Gasteiger partial charge in [0, 0.05) is 48.8 Å². The molecule has 0 aliphatic rings. The Hall–Kier alpha value is -2.38. The smallest absolute Gasteiger partial charge is 0.163 e. The van der Waals surface area contributed by atoms with Gasteiger partial charge in [-0.05, 0) is 32.9 Å². The summed E-state index contributed by atoms with van der Waals surface area (Å²) >= 11 is 1.62. The van der Waals surface area contributed by atoms with Crippen molar-refractivity contribution in [1.29, 1.82) is 0 Å². The fraction of sp³-hybridized carbons (Fsp3) is 0.368. The van der Waals surface area contributed by atoms with Crippen LogP contribution in [-0.2, 0) is 11.3 Å². The molecule has 0 fully saturated rings. The predicted octanol–water partition coefficient (Wildman–Crippen LogP) is 3.96. The van der Waals surface area contributed by atoms with E-state index in [2.05, 4.69) is 25.2 Å². The Morgan fingerprint density at radius 1 is 1.23 bits per heavy atom. The normalized spacial score (nSPS) is 12.2. The summed E-state index contributed by atoms with van der Waals surface area (Å²) in [5, 5.41) is 3.06. The van der Waals surface area contributed by atoms with Crippen molar-refractivity contribution < 1.29 is 4.74 Å². The zero-order valence-electron chi connectivity index (χ0n) is 15.7. The summed E-state index contributed by atoms with van der Waals surface area (Å²) in [7, 11) is 3.73. The molecule has 3 aromatic heterocycles. The van der Waals surface area contributed by atoms with Gasteiger partial charge in [0.15, 0.2) is 5.82 Å². The van der Waals surface area contributed by atoms with Gasteiger partial charge < -0.3 is 9.64 Å². The van der Waals surface area contributed by atoms with Crippen LogP contribution in [0.15, 0.2) is 29.9 Å². The maximum atomic E-state index is 5.35. The van der Waals surface area contributed by atoms with Gasteiger partial charge in [0.2, 0.25) is 0 Å². The van der Waals surface area contributed by atoms with E-state index in [1.165, 1.54) is 0 Å². The Morgan fingerprint density at radius 2 is 2.04 bits per heavy atom. The van der Waals surface area contributed by atoms with Gasteiger partial charge in [-0.1, -0.05) is 0 Å². The lowest BCUT2D eigenvalue weighted by atomic mass is 10.2. The lowest BCUT2D eigenvalue weighted by Gasteiger charge is -2.21. The molecule has 0 amide bonds. The van der Waals surface area contributed by atoms with E-state index in [4.69, 9.17) is 9.72 Å². The minimum absolute atomic E-state index is 0.0132. The summed E-state index contributed by atoms with van der Waals surface area (Å²) in [6, 6.07) is 3.87. The first kappa shape index (κ1) is 18.4. The topological polar surface area (TPSA) is 64.0 Å². The lowest BCUT2D eigenvalue weighted by molar-refractivity contribution is 0.119. The monoisotopic (exact) mass is 369 g/mol. The number of aryl methyl sites for hydroxylation is 1. The van der Waals surface area contributed by atoms with Gasteiger partial charge in [0.25, 0.3) is 0 Å². The average molecular weight is 369 g/mol.